The molecule has 0 aliphatic rings. The summed E-state index contributed by atoms with van der Waals surface area (Å²) in [5.74, 6) is -1.52. The van der Waals surface area contributed by atoms with Gasteiger partial charge in [0.05, 0.1) is 6.61 Å². The highest BCUT2D eigenvalue weighted by atomic mass is 19.1. The van der Waals surface area contributed by atoms with Crippen molar-refractivity contribution in [1.29, 1.82) is 0 Å². The van der Waals surface area contributed by atoms with E-state index in [1.54, 1.807) is 18.2 Å². The Morgan fingerprint density at radius 1 is 1.33 bits per heavy atom. The van der Waals surface area contributed by atoms with Gasteiger partial charge in [0.1, 0.15) is 12.4 Å². The normalized spacial score (nSPS) is 10.2. The molecule has 0 aromatic heterocycles. The van der Waals surface area contributed by atoms with Gasteiger partial charge in [0, 0.05) is 32.8 Å². The second-order valence-electron chi connectivity index (χ2n) is 4.54. The first kappa shape index (κ1) is 16.9. The van der Waals surface area contributed by atoms with E-state index in [1.165, 1.54) is 25.1 Å². The van der Waals surface area contributed by atoms with Crippen LogP contribution in [-0.4, -0.2) is 60.8 Å². The molecule has 0 aliphatic heterocycles. The molecule has 0 heterocycles. The SMILES string of the molecule is COCCN(CC(=O)O)C(=O)N(C)Cc1ccccc1F. The summed E-state index contributed by atoms with van der Waals surface area (Å²) >= 11 is 0. The van der Waals surface area contributed by atoms with Crippen LogP contribution in [0.25, 0.3) is 0 Å². The number of carbonyl (C=O) groups is 2. The average Bonchev–Trinajstić information content (AvgIpc) is 2.44. The van der Waals surface area contributed by atoms with Crippen molar-refractivity contribution < 1.29 is 23.8 Å². The minimum absolute atomic E-state index is 0.0641. The molecule has 7 heteroatoms. The number of methoxy groups -OCH3 is 1. The first-order chi connectivity index (χ1) is 9.95. The largest absolute Gasteiger partial charge is 0.480 e. The van der Waals surface area contributed by atoms with E-state index in [0.29, 0.717) is 5.56 Å². The molecule has 0 bridgehead atoms. The Labute approximate surface area is 122 Å². The molecule has 0 saturated heterocycles. The second kappa shape index (κ2) is 8.21. The minimum Gasteiger partial charge on any atom is -0.480 e. The van der Waals surface area contributed by atoms with Crippen molar-refractivity contribution in [1.82, 2.24) is 9.80 Å². The fraction of sp³-hybridized carbons (Fsp3) is 0.429. The molecule has 1 aromatic carbocycles. The van der Waals surface area contributed by atoms with Gasteiger partial charge in [0.25, 0.3) is 0 Å². The predicted octanol–water partition coefficient (Wildman–Crippen LogP) is 1.41. The predicted molar refractivity (Wildman–Crippen MR) is 74.3 cm³/mol. The Morgan fingerprint density at radius 3 is 2.57 bits per heavy atom. The lowest BCUT2D eigenvalue weighted by Crippen LogP contribution is -2.44. The molecule has 116 valence electrons. The Morgan fingerprint density at radius 2 is 2.00 bits per heavy atom. The molecule has 1 N–H and O–H groups in total. The number of ether oxygens (including phenoxy) is 1. The highest BCUT2D eigenvalue weighted by Crippen LogP contribution is 2.10. The molecular weight excluding hydrogens is 279 g/mol. The van der Waals surface area contributed by atoms with Gasteiger partial charge in [-0.3, -0.25) is 4.79 Å². The Kier molecular flexibility index (Phi) is 6.61. The number of rotatable bonds is 7. The zero-order valence-electron chi connectivity index (χ0n) is 12.1. The third-order valence-corrected chi connectivity index (χ3v) is 2.85. The molecule has 6 nitrogen and oxygen atoms in total. The number of carboxylic acids is 1. The maximum Gasteiger partial charge on any atom is 0.323 e. The van der Waals surface area contributed by atoms with Gasteiger partial charge in [-0.25, -0.2) is 9.18 Å². The van der Waals surface area contributed by atoms with Crippen molar-refractivity contribution >= 4 is 12.0 Å². The van der Waals surface area contributed by atoms with Crippen LogP contribution < -0.4 is 0 Å². The number of benzene rings is 1. The van der Waals surface area contributed by atoms with Crippen LogP contribution in [0, 0.1) is 5.82 Å². The number of carboxylic acid groups (broad SMARTS) is 1. The van der Waals surface area contributed by atoms with E-state index in [-0.39, 0.29) is 19.7 Å². The van der Waals surface area contributed by atoms with Gasteiger partial charge in [0.2, 0.25) is 0 Å². The van der Waals surface area contributed by atoms with Gasteiger partial charge in [-0.15, -0.1) is 0 Å². The Bertz CT molecular complexity index is 496. The molecule has 0 atom stereocenters. The molecule has 1 aromatic rings. The number of urea groups is 1. The van der Waals surface area contributed by atoms with Crippen molar-refractivity contribution in [2.24, 2.45) is 0 Å². The van der Waals surface area contributed by atoms with Crippen LogP contribution in [0.3, 0.4) is 0 Å². The number of halogens is 1. The fourth-order valence-electron chi connectivity index (χ4n) is 1.80. The molecule has 0 fully saturated rings. The number of hydrogen-bond acceptors (Lipinski definition) is 3. The maximum absolute atomic E-state index is 13.6. The molecule has 0 unspecified atom stereocenters. The monoisotopic (exact) mass is 298 g/mol. The highest BCUT2D eigenvalue weighted by Gasteiger charge is 2.21. The van der Waals surface area contributed by atoms with Crippen LogP contribution in [0.5, 0.6) is 0 Å². The van der Waals surface area contributed by atoms with Crippen LogP contribution in [-0.2, 0) is 16.1 Å². The third kappa shape index (κ3) is 5.39. The van der Waals surface area contributed by atoms with Crippen LogP contribution in [0.1, 0.15) is 5.56 Å². The van der Waals surface area contributed by atoms with Gasteiger partial charge in [-0.1, -0.05) is 18.2 Å². The summed E-state index contributed by atoms with van der Waals surface area (Å²) in [7, 11) is 2.96. The number of hydrogen-bond donors (Lipinski definition) is 1. The summed E-state index contributed by atoms with van der Waals surface area (Å²) in [6, 6.07) is 5.65. The summed E-state index contributed by atoms with van der Waals surface area (Å²) in [6.45, 7) is 0.0220. The quantitative estimate of drug-likeness (QED) is 0.826. The Hall–Kier alpha value is -2.15. The van der Waals surface area contributed by atoms with Crippen LogP contribution >= 0.6 is 0 Å². The molecule has 0 spiro atoms. The number of nitrogens with zero attached hydrogens (tertiary/aromatic N) is 2. The molecule has 0 saturated carbocycles. The van der Waals surface area contributed by atoms with Crippen LogP contribution in [0.4, 0.5) is 9.18 Å². The van der Waals surface area contributed by atoms with Gasteiger partial charge in [-0.05, 0) is 6.07 Å². The molecule has 0 aliphatic carbocycles. The van der Waals surface area contributed by atoms with Crippen molar-refractivity contribution in [2.75, 3.05) is 33.9 Å². The summed E-state index contributed by atoms with van der Waals surface area (Å²) < 4.78 is 18.4. The summed E-state index contributed by atoms with van der Waals surface area (Å²) in [4.78, 5) is 25.4. The Balaban J connectivity index is 2.73. The summed E-state index contributed by atoms with van der Waals surface area (Å²) in [5, 5.41) is 8.83. The minimum atomic E-state index is -1.11. The lowest BCUT2D eigenvalue weighted by atomic mass is 10.2. The lowest BCUT2D eigenvalue weighted by Gasteiger charge is -2.27. The van der Waals surface area contributed by atoms with E-state index in [1.807, 2.05) is 0 Å². The summed E-state index contributed by atoms with van der Waals surface area (Å²) in [5.41, 5.74) is 0.371. The van der Waals surface area contributed by atoms with Crippen LogP contribution in [0.2, 0.25) is 0 Å². The van der Waals surface area contributed by atoms with E-state index in [4.69, 9.17) is 9.84 Å². The first-order valence-corrected chi connectivity index (χ1v) is 6.40. The van der Waals surface area contributed by atoms with E-state index >= 15 is 0 Å². The lowest BCUT2D eigenvalue weighted by molar-refractivity contribution is -0.137. The molecular formula is C14H19FN2O4. The second-order valence-corrected chi connectivity index (χ2v) is 4.54. The maximum atomic E-state index is 13.6. The fourth-order valence-corrected chi connectivity index (χ4v) is 1.80. The highest BCUT2D eigenvalue weighted by molar-refractivity contribution is 5.80. The van der Waals surface area contributed by atoms with E-state index in [2.05, 4.69) is 0 Å². The zero-order chi connectivity index (χ0) is 15.8. The van der Waals surface area contributed by atoms with Gasteiger partial charge in [-0.2, -0.15) is 0 Å². The molecule has 1 rings (SSSR count). The molecule has 0 radical (unpaired) electrons. The van der Waals surface area contributed by atoms with Crippen molar-refractivity contribution in [3.8, 4) is 0 Å². The van der Waals surface area contributed by atoms with E-state index in [9.17, 15) is 14.0 Å². The molecule has 2 amide bonds. The van der Waals surface area contributed by atoms with Gasteiger partial charge in [0.15, 0.2) is 0 Å². The average molecular weight is 298 g/mol. The third-order valence-electron chi connectivity index (χ3n) is 2.85. The van der Waals surface area contributed by atoms with Gasteiger partial charge < -0.3 is 19.6 Å². The van der Waals surface area contributed by atoms with Crippen molar-refractivity contribution in [2.45, 2.75) is 6.54 Å². The van der Waals surface area contributed by atoms with Crippen molar-refractivity contribution in [3.63, 3.8) is 0 Å². The topological polar surface area (TPSA) is 70.1 Å². The van der Waals surface area contributed by atoms with Crippen LogP contribution in [0.15, 0.2) is 24.3 Å². The van der Waals surface area contributed by atoms with Crippen molar-refractivity contribution in [3.05, 3.63) is 35.6 Å². The zero-order valence-corrected chi connectivity index (χ0v) is 12.1. The van der Waals surface area contributed by atoms with E-state index < -0.39 is 24.4 Å². The first-order valence-electron chi connectivity index (χ1n) is 6.40. The summed E-state index contributed by atoms with van der Waals surface area (Å²) in [6.07, 6.45) is 0. The number of carbonyl (C=O) groups excluding carboxylic acids is 1. The smallest absolute Gasteiger partial charge is 0.323 e. The number of amides is 2. The number of aliphatic carboxylic acids is 1. The van der Waals surface area contributed by atoms with Gasteiger partial charge >= 0.3 is 12.0 Å². The standard InChI is InChI=1S/C14H19FN2O4/c1-16(9-11-5-3-4-6-12(11)15)14(20)17(7-8-21-2)10-13(18)19/h3-6H,7-10H2,1-2H3,(H,18,19). The molecule has 21 heavy (non-hydrogen) atoms. The van der Waals surface area contributed by atoms with E-state index in [0.717, 1.165) is 4.90 Å².